The minimum Gasteiger partial charge on any atom is -0.383 e. The molecule has 4 aromatic rings. The van der Waals surface area contributed by atoms with E-state index in [1.807, 2.05) is 23.0 Å². The number of nitrogens with two attached hydrogens (primary N) is 1. The second-order valence-electron chi connectivity index (χ2n) is 6.61. The number of nitrogens with zero attached hydrogens (tertiary/aromatic N) is 4. The summed E-state index contributed by atoms with van der Waals surface area (Å²) in [5.74, 6) is 0.523. The first-order valence-electron chi connectivity index (χ1n) is 8.57. The van der Waals surface area contributed by atoms with Gasteiger partial charge in [-0.2, -0.15) is 10.2 Å². The van der Waals surface area contributed by atoms with Gasteiger partial charge >= 0.3 is 0 Å². The number of pyridine rings is 1. The van der Waals surface area contributed by atoms with E-state index in [0.717, 1.165) is 46.2 Å². The molecular weight excluding hydrogens is 314 g/mol. The number of aromatic amines is 1. The van der Waals surface area contributed by atoms with Crippen molar-refractivity contribution in [3.63, 3.8) is 0 Å². The van der Waals surface area contributed by atoms with E-state index in [0.29, 0.717) is 11.9 Å². The second-order valence-corrected chi connectivity index (χ2v) is 6.61. The Balaban J connectivity index is 1.62. The van der Waals surface area contributed by atoms with E-state index in [-0.39, 0.29) is 0 Å². The zero-order valence-corrected chi connectivity index (χ0v) is 13.7. The number of benzene rings is 1. The van der Waals surface area contributed by atoms with E-state index >= 15 is 0 Å². The van der Waals surface area contributed by atoms with Crippen molar-refractivity contribution >= 4 is 27.6 Å². The van der Waals surface area contributed by atoms with Crippen molar-refractivity contribution in [1.82, 2.24) is 30.3 Å². The normalized spacial score (nSPS) is 17.7. The number of nitrogen functional groups attached to an aromatic ring is 1. The third-order valence-electron chi connectivity index (χ3n) is 4.91. The van der Waals surface area contributed by atoms with Crippen molar-refractivity contribution in [2.75, 3.05) is 12.3 Å². The first kappa shape index (κ1) is 14.4. The van der Waals surface area contributed by atoms with E-state index in [9.17, 15) is 0 Å². The Kier molecular flexibility index (Phi) is 3.21. The Morgan fingerprint density at radius 2 is 2.20 bits per heavy atom. The van der Waals surface area contributed by atoms with Crippen LogP contribution in [0.1, 0.15) is 12.8 Å². The predicted octanol–water partition coefficient (Wildman–Crippen LogP) is 2.31. The number of hydrogen-bond acceptors (Lipinski definition) is 5. The lowest BCUT2D eigenvalue weighted by Gasteiger charge is -2.09. The quantitative estimate of drug-likeness (QED) is 0.534. The molecule has 1 atom stereocenters. The summed E-state index contributed by atoms with van der Waals surface area (Å²) in [6.07, 6.45) is 6.18. The Morgan fingerprint density at radius 3 is 3.00 bits per heavy atom. The SMILES string of the molecule is Nc1nc2cc(-c3ccn[nH]3)ccc2c2nn(CC3CCCN3)cc12. The van der Waals surface area contributed by atoms with Gasteiger partial charge in [-0.3, -0.25) is 9.78 Å². The highest BCUT2D eigenvalue weighted by atomic mass is 15.3. The first-order chi connectivity index (χ1) is 12.3. The van der Waals surface area contributed by atoms with Crippen molar-refractivity contribution in [2.24, 2.45) is 0 Å². The lowest BCUT2D eigenvalue weighted by molar-refractivity contribution is 0.479. The highest BCUT2D eigenvalue weighted by Crippen LogP contribution is 2.29. The van der Waals surface area contributed by atoms with Gasteiger partial charge in [0.2, 0.25) is 0 Å². The molecule has 0 bridgehead atoms. The number of rotatable bonds is 3. The number of H-pyrrole nitrogens is 1. The van der Waals surface area contributed by atoms with Crippen molar-refractivity contribution < 1.29 is 0 Å². The zero-order chi connectivity index (χ0) is 16.8. The molecule has 1 saturated heterocycles. The van der Waals surface area contributed by atoms with Gasteiger partial charge in [0.1, 0.15) is 11.3 Å². The van der Waals surface area contributed by atoms with Crippen LogP contribution >= 0.6 is 0 Å². The number of aromatic nitrogens is 5. The van der Waals surface area contributed by atoms with E-state index in [1.54, 1.807) is 6.20 Å². The summed E-state index contributed by atoms with van der Waals surface area (Å²) in [6, 6.07) is 8.57. The second kappa shape index (κ2) is 5.56. The molecule has 1 aromatic carbocycles. The summed E-state index contributed by atoms with van der Waals surface area (Å²) < 4.78 is 1.99. The fourth-order valence-corrected chi connectivity index (χ4v) is 3.64. The molecular formula is C18H19N7. The summed E-state index contributed by atoms with van der Waals surface area (Å²) >= 11 is 0. The molecule has 0 spiro atoms. The van der Waals surface area contributed by atoms with Crippen LogP contribution in [0.5, 0.6) is 0 Å². The van der Waals surface area contributed by atoms with Gasteiger partial charge in [0, 0.05) is 29.4 Å². The maximum absolute atomic E-state index is 6.21. The standard InChI is InChI=1S/C18H19N7/c19-18-14-10-25(9-12-2-1-6-20-12)24-17(14)13-4-3-11(8-16(13)22-18)15-5-7-21-23-15/h3-5,7-8,10,12,20H,1-2,6,9H2,(H2,19,22)(H,21,23). The highest BCUT2D eigenvalue weighted by molar-refractivity contribution is 6.08. The third-order valence-corrected chi connectivity index (χ3v) is 4.91. The molecule has 7 heteroatoms. The van der Waals surface area contributed by atoms with Gasteiger partial charge in [-0.15, -0.1) is 0 Å². The van der Waals surface area contributed by atoms with Crippen LogP contribution in [0.3, 0.4) is 0 Å². The maximum atomic E-state index is 6.21. The predicted molar refractivity (Wildman–Crippen MR) is 98.1 cm³/mol. The van der Waals surface area contributed by atoms with Gasteiger partial charge in [-0.25, -0.2) is 4.98 Å². The molecule has 5 rings (SSSR count). The van der Waals surface area contributed by atoms with Gasteiger partial charge in [-0.05, 0) is 37.6 Å². The van der Waals surface area contributed by atoms with Crippen LogP contribution in [-0.2, 0) is 6.54 Å². The van der Waals surface area contributed by atoms with Crippen molar-refractivity contribution in [3.05, 3.63) is 36.7 Å². The molecule has 25 heavy (non-hydrogen) atoms. The third kappa shape index (κ3) is 2.44. The molecule has 0 saturated carbocycles. The molecule has 4 N–H and O–H groups in total. The van der Waals surface area contributed by atoms with Crippen LogP contribution in [0.2, 0.25) is 0 Å². The molecule has 0 amide bonds. The molecule has 3 aromatic heterocycles. The molecule has 7 nitrogen and oxygen atoms in total. The molecule has 1 unspecified atom stereocenters. The molecule has 0 aliphatic carbocycles. The van der Waals surface area contributed by atoms with Gasteiger partial charge in [-0.1, -0.05) is 6.07 Å². The molecule has 1 aliphatic heterocycles. The van der Waals surface area contributed by atoms with Gasteiger partial charge in [0.05, 0.1) is 23.1 Å². The number of fused-ring (bicyclic) bond motifs is 3. The van der Waals surface area contributed by atoms with Crippen LogP contribution in [0.15, 0.2) is 36.7 Å². The molecule has 126 valence electrons. The zero-order valence-electron chi connectivity index (χ0n) is 13.7. The first-order valence-corrected chi connectivity index (χ1v) is 8.57. The minimum atomic E-state index is 0.488. The minimum absolute atomic E-state index is 0.488. The highest BCUT2D eigenvalue weighted by Gasteiger charge is 2.17. The van der Waals surface area contributed by atoms with E-state index in [2.05, 4.69) is 32.6 Å². The van der Waals surface area contributed by atoms with Crippen LogP contribution in [0.4, 0.5) is 5.82 Å². The van der Waals surface area contributed by atoms with E-state index in [1.165, 1.54) is 12.8 Å². The fraction of sp³-hybridized carbons (Fsp3) is 0.278. The molecule has 1 aliphatic rings. The van der Waals surface area contributed by atoms with Crippen molar-refractivity contribution in [3.8, 4) is 11.3 Å². The average molecular weight is 333 g/mol. The largest absolute Gasteiger partial charge is 0.383 e. The van der Waals surface area contributed by atoms with Gasteiger partial charge in [0.25, 0.3) is 0 Å². The van der Waals surface area contributed by atoms with Gasteiger partial charge in [0.15, 0.2) is 0 Å². The van der Waals surface area contributed by atoms with Crippen LogP contribution in [-0.4, -0.2) is 37.5 Å². The van der Waals surface area contributed by atoms with Crippen molar-refractivity contribution in [1.29, 1.82) is 0 Å². The summed E-state index contributed by atoms with van der Waals surface area (Å²) in [6.45, 7) is 1.95. The Morgan fingerprint density at radius 1 is 1.24 bits per heavy atom. The van der Waals surface area contributed by atoms with E-state index in [4.69, 9.17) is 10.8 Å². The molecule has 0 radical (unpaired) electrons. The summed E-state index contributed by atoms with van der Waals surface area (Å²) in [5.41, 5.74) is 9.97. The van der Waals surface area contributed by atoms with E-state index < -0.39 is 0 Å². The van der Waals surface area contributed by atoms with Crippen LogP contribution in [0.25, 0.3) is 33.1 Å². The van der Waals surface area contributed by atoms with Gasteiger partial charge < -0.3 is 11.1 Å². The Bertz CT molecular complexity index is 1040. The van der Waals surface area contributed by atoms with Crippen molar-refractivity contribution in [2.45, 2.75) is 25.4 Å². The lowest BCUT2D eigenvalue weighted by Crippen LogP contribution is -2.26. The summed E-state index contributed by atoms with van der Waals surface area (Å²) in [5, 5.41) is 17.2. The molecule has 1 fully saturated rings. The maximum Gasteiger partial charge on any atom is 0.135 e. The lowest BCUT2D eigenvalue weighted by atomic mass is 10.1. The van der Waals surface area contributed by atoms with Crippen LogP contribution < -0.4 is 11.1 Å². The monoisotopic (exact) mass is 333 g/mol. The number of anilines is 1. The molecule has 4 heterocycles. The fourth-order valence-electron chi connectivity index (χ4n) is 3.64. The van der Waals surface area contributed by atoms with Crippen LogP contribution in [0, 0.1) is 0 Å². The number of nitrogens with one attached hydrogen (secondary N) is 2. The topological polar surface area (TPSA) is 97.4 Å². The average Bonchev–Trinajstić information content (AvgIpc) is 3.36. The Labute approximate surface area is 144 Å². The number of hydrogen-bond donors (Lipinski definition) is 3. The Hall–Kier alpha value is -2.93. The smallest absolute Gasteiger partial charge is 0.135 e. The summed E-state index contributed by atoms with van der Waals surface area (Å²) in [7, 11) is 0. The summed E-state index contributed by atoms with van der Waals surface area (Å²) in [4.78, 5) is 4.59.